The van der Waals surface area contributed by atoms with Gasteiger partial charge in [0.15, 0.2) is 5.11 Å². The second kappa shape index (κ2) is 10.8. The number of rotatable bonds is 4. The number of para-hydroxylation sites is 2. The highest BCUT2D eigenvalue weighted by atomic mass is 32.1. The lowest BCUT2D eigenvalue weighted by Crippen LogP contribution is -2.51. The second-order valence-corrected chi connectivity index (χ2v) is 8.47. The van der Waals surface area contributed by atoms with Crippen LogP contribution in [0.4, 0.5) is 0 Å². The molecule has 0 spiro atoms. The first-order valence-corrected chi connectivity index (χ1v) is 11.4. The van der Waals surface area contributed by atoms with Gasteiger partial charge in [-0.3, -0.25) is 25.0 Å². The largest absolute Gasteiger partial charge is 0.422 e. The molecular weight excluding hydrogens is 494 g/mol. The van der Waals surface area contributed by atoms with Crippen LogP contribution in [-0.4, -0.2) is 52.1 Å². The number of fused-ring (bicyclic) bond motifs is 1. The van der Waals surface area contributed by atoms with Gasteiger partial charge < -0.3 is 9.32 Å². The summed E-state index contributed by atoms with van der Waals surface area (Å²) in [5.74, 6) is -1.27. The third-order valence-corrected chi connectivity index (χ3v) is 5.32. The molecule has 0 bridgehead atoms. The first kappa shape index (κ1) is 25.2. The van der Waals surface area contributed by atoms with E-state index in [0.717, 1.165) is 12.1 Å². The molecule has 1 saturated heterocycles. The van der Waals surface area contributed by atoms with E-state index in [1.807, 2.05) is 42.5 Å². The number of carbonyl (C=O) groups excluding carboxylic acids is 3. The molecule has 37 heavy (non-hydrogen) atoms. The molecule has 10 nitrogen and oxygen atoms in total. The summed E-state index contributed by atoms with van der Waals surface area (Å²) in [6.07, 6.45) is 3.77. The molecule has 0 radical (unpaired) electrons. The monoisotopic (exact) mass is 515 g/mol. The average molecular weight is 516 g/mol. The van der Waals surface area contributed by atoms with Gasteiger partial charge in [0, 0.05) is 31.2 Å². The summed E-state index contributed by atoms with van der Waals surface area (Å²) in [6.45, 7) is 0. The summed E-state index contributed by atoms with van der Waals surface area (Å²) < 4.78 is 7.03. The van der Waals surface area contributed by atoms with Crippen molar-refractivity contribution in [1.82, 2.24) is 25.3 Å². The fourth-order valence-electron chi connectivity index (χ4n) is 3.40. The van der Waals surface area contributed by atoms with E-state index < -0.39 is 17.4 Å². The number of hydrogen-bond acceptors (Lipinski definition) is 7. The maximum absolute atomic E-state index is 12.8. The van der Waals surface area contributed by atoms with E-state index in [0.29, 0.717) is 16.5 Å². The van der Waals surface area contributed by atoms with Gasteiger partial charge in [0.05, 0.1) is 11.3 Å². The molecule has 11 heteroatoms. The average Bonchev–Trinajstić information content (AvgIpc) is 3.30. The van der Waals surface area contributed by atoms with Crippen molar-refractivity contribution in [3.05, 3.63) is 88.4 Å². The lowest BCUT2D eigenvalue weighted by Gasteiger charge is -2.16. The van der Waals surface area contributed by atoms with Crippen molar-refractivity contribution in [1.29, 1.82) is 0 Å². The van der Waals surface area contributed by atoms with Gasteiger partial charge in [0.25, 0.3) is 11.8 Å². The number of thiocarbonyl (C=S) groups is 1. The van der Waals surface area contributed by atoms with Gasteiger partial charge in [-0.05, 0) is 42.6 Å². The van der Waals surface area contributed by atoms with Gasteiger partial charge in [-0.25, -0.2) is 9.48 Å². The molecule has 3 heterocycles. The maximum atomic E-state index is 12.8. The van der Waals surface area contributed by atoms with Crippen LogP contribution in [0.1, 0.15) is 5.56 Å². The van der Waals surface area contributed by atoms with E-state index in [-0.39, 0.29) is 21.9 Å². The Hall–Kier alpha value is -4.90. The molecule has 1 aliphatic heterocycles. The molecule has 0 unspecified atom stereocenters. The summed E-state index contributed by atoms with van der Waals surface area (Å²) in [5, 5.41) is 10.0. The smallest absolute Gasteiger partial charge is 0.345 e. The second-order valence-electron chi connectivity index (χ2n) is 8.06. The Kier molecular flexibility index (Phi) is 7.35. The Labute approximate surface area is 216 Å². The van der Waals surface area contributed by atoms with Crippen molar-refractivity contribution in [2.45, 2.75) is 0 Å². The Morgan fingerprint density at radius 3 is 2.24 bits per heavy atom. The molecule has 2 N–H and O–H groups in total. The zero-order valence-corrected chi connectivity index (χ0v) is 20.6. The number of benzene rings is 2. The topological polar surface area (TPSA) is 127 Å². The van der Waals surface area contributed by atoms with Crippen LogP contribution in [0.5, 0.6) is 0 Å². The number of nitrogens with one attached hydrogen (secondary N) is 2. The van der Waals surface area contributed by atoms with Crippen molar-refractivity contribution >= 4 is 52.6 Å². The van der Waals surface area contributed by atoms with Crippen molar-refractivity contribution in [3.63, 3.8) is 0 Å². The standard InChI is InChI=1S/C23H14N4O4S.C3H7NO/c28-20-17(21(29)25-23(32)24-20)11-14-12-27(15-7-2-1-3-8-15)26-19(14)16-10-13-6-4-5-9-18(13)31-22(16)30;1-4(2)3-5/h1-12H,(H2,24,25,28,29,32);3H,1-2H3. The Bertz CT molecular complexity index is 1580. The molecule has 1 aliphatic rings. The number of hydrogen-bond donors (Lipinski definition) is 2. The van der Waals surface area contributed by atoms with E-state index in [1.165, 1.54) is 11.0 Å². The fraction of sp³-hybridized carbons (Fsp3) is 0.0769. The molecule has 1 fully saturated rings. The summed E-state index contributed by atoms with van der Waals surface area (Å²) in [5.41, 5.74) is 1.32. The maximum Gasteiger partial charge on any atom is 0.345 e. The Morgan fingerprint density at radius 1 is 0.973 bits per heavy atom. The van der Waals surface area contributed by atoms with Crippen LogP contribution in [0.25, 0.3) is 34.0 Å². The lowest BCUT2D eigenvalue weighted by molar-refractivity contribution is -0.123. The molecule has 4 aromatic rings. The van der Waals surface area contributed by atoms with Gasteiger partial charge in [0.1, 0.15) is 16.9 Å². The molecule has 0 atom stereocenters. The Balaban J connectivity index is 0.000000586. The highest BCUT2D eigenvalue weighted by Gasteiger charge is 2.27. The zero-order chi connectivity index (χ0) is 26.5. The van der Waals surface area contributed by atoms with Gasteiger partial charge in [0.2, 0.25) is 6.41 Å². The lowest BCUT2D eigenvalue weighted by atomic mass is 10.0. The molecule has 3 amide bonds. The van der Waals surface area contributed by atoms with E-state index >= 15 is 0 Å². The molecule has 5 rings (SSSR count). The molecule has 2 aromatic heterocycles. The summed E-state index contributed by atoms with van der Waals surface area (Å²) >= 11 is 4.85. The SMILES string of the molecule is CN(C)C=O.O=C1NC(=S)NC(=O)C1=Cc1cn(-c2ccccc2)nc1-c1cc2ccccc2oc1=O. The molecule has 186 valence electrons. The molecule has 0 saturated carbocycles. The normalized spacial score (nSPS) is 12.8. The Morgan fingerprint density at radius 2 is 1.59 bits per heavy atom. The first-order valence-electron chi connectivity index (χ1n) is 10.9. The zero-order valence-electron chi connectivity index (χ0n) is 19.8. The minimum Gasteiger partial charge on any atom is -0.422 e. The summed E-state index contributed by atoms with van der Waals surface area (Å²) in [4.78, 5) is 48.4. The van der Waals surface area contributed by atoms with E-state index in [2.05, 4.69) is 15.7 Å². The number of carbonyl (C=O) groups is 3. The van der Waals surface area contributed by atoms with Crippen LogP contribution in [0, 0.1) is 0 Å². The highest BCUT2D eigenvalue weighted by Crippen LogP contribution is 2.26. The van der Waals surface area contributed by atoms with Crippen molar-refractivity contribution in [2.75, 3.05) is 14.1 Å². The van der Waals surface area contributed by atoms with Crippen LogP contribution in [0.2, 0.25) is 0 Å². The predicted octanol–water partition coefficient (Wildman–Crippen LogP) is 2.26. The van der Waals surface area contributed by atoms with Crippen molar-refractivity contribution in [2.24, 2.45) is 0 Å². The van der Waals surface area contributed by atoms with Crippen molar-refractivity contribution in [3.8, 4) is 16.9 Å². The van der Waals surface area contributed by atoms with Gasteiger partial charge in [-0.2, -0.15) is 5.10 Å². The molecule has 2 aromatic carbocycles. The van der Waals surface area contributed by atoms with Crippen LogP contribution in [-0.2, 0) is 14.4 Å². The molecule has 0 aliphatic carbocycles. The van der Waals surface area contributed by atoms with E-state index in [9.17, 15) is 19.2 Å². The summed E-state index contributed by atoms with van der Waals surface area (Å²) in [7, 11) is 3.38. The third kappa shape index (κ3) is 5.68. The summed E-state index contributed by atoms with van der Waals surface area (Å²) in [6, 6.07) is 18.1. The number of nitrogens with zero attached hydrogens (tertiary/aromatic N) is 3. The minimum atomic E-state index is -0.636. The van der Waals surface area contributed by atoms with Crippen LogP contribution >= 0.6 is 12.2 Å². The van der Waals surface area contributed by atoms with Crippen molar-refractivity contribution < 1.29 is 18.8 Å². The number of amides is 3. The minimum absolute atomic E-state index is 0.0625. The van der Waals surface area contributed by atoms with Gasteiger partial charge >= 0.3 is 5.63 Å². The van der Waals surface area contributed by atoms with Crippen LogP contribution in [0.3, 0.4) is 0 Å². The number of aromatic nitrogens is 2. The van der Waals surface area contributed by atoms with E-state index in [4.69, 9.17) is 16.6 Å². The third-order valence-electron chi connectivity index (χ3n) is 5.11. The molecular formula is C26H21N5O5S. The highest BCUT2D eigenvalue weighted by molar-refractivity contribution is 7.80. The van der Waals surface area contributed by atoms with E-state index in [1.54, 1.807) is 43.2 Å². The van der Waals surface area contributed by atoms with Gasteiger partial charge in [-0.1, -0.05) is 36.4 Å². The fourth-order valence-corrected chi connectivity index (χ4v) is 3.59. The van der Waals surface area contributed by atoms with Crippen LogP contribution < -0.4 is 16.3 Å². The van der Waals surface area contributed by atoms with Crippen LogP contribution in [0.15, 0.2) is 81.6 Å². The quantitative estimate of drug-likeness (QED) is 0.140. The first-order chi connectivity index (χ1) is 17.8. The van der Waals surface area contributed by atoms with Gasteiger partial charge in [-0.15, -0.1) is 0 Å². The predicted molar refractivity (Wildman–Crippen MR) is 142 cm³/mol.